The van der Waals surface area contributed by atoms with Gasteiger partial charge in [0.2, 0.25) is 5.91 Å². The first kappa shape index (κ1) is 17.6. The van der Waals surface area contributed by atoms with Gasteiger partial charge in [0.05, 0.1) is 19.3 Å². The average Bonchev–Trinajstić information content (AvgIpc) is 3.00. The molecule has 138 valence electrons. The van der Waals surface area contributed by atoms with Gasteiger partial charge in [0.1, 0.15) is 0 Å². The van der Waals surface area contributed by atoms with Crippen molar-refractivity contribution in [3.05, 3.63) is 52.5 Å². The Balaban J connectivity index is 1.40. The van der Waals surface area contributed by atoms with Crippen LogP contribution >= 0.6 is 11.3 Å². The molecule has 2 bridgehead atoms. The Morgan fingerprint density at radius 2 is 2.08 bits per heavy atom. The number of nitrogens with zero attached hydrogens (tertiary/aromatic N) is 3. The maximum absolute atomic E-state index is 12.8. The number of fused-ring (bicyclic) bond motifs is 3. The number of hydrogen-bond acceptors (Lipinski definition) is 5. The number of thiophene rings is 1. The smallest absolute Gasteiger partial charge is 0.222 e. The largest absolute Gasteiger partial charge is 0.379 e. The maximum Gasteiger partial charge on any atom is 0.222 e. The molecule has 0 N–H and O–H groups in total. The number of aryl methyl sites for hydroxylation is 1. The number of aromatic nitrogens is 1. The Morgan fingerprint density at radius 1 is 1.19 bits per heavy atom. The van der Waals surface area contributed by atoms with E-state index in [9.17, 15) is 4.79 Å². The molecule has 0 saturated carbocycles. The molecule has 2 aliphatic heterocycles. The van der Waals surface area contributed by atoms with E-state index in [1.165, 1.54) is 10.4 Å². The second kappa shape index (κ2) is 8.29. The normalized spacial score (nSPS) is 23.6. The molecule has 2 saturated heterocycles. The van der Waals surface area contributed by atoms with Crippen LogP contribution in [0.25, 0.3) is 0 Å². The Hall–Kier alpha value is -1.76. The lowest BCUT2D eigenvalue weighted by atomic mass is 10.1. The summed E-state index contributed by atoms with van der Waals surface area (Å²) in [5.41, 5.74) is 1.17. The van der Waals surface area contributed by atoms with Crippen molar-refractivity contribution in [2.24, 2.45) is 5.92 Å². The monoisotopic (exact) mass is 371 g/mol. The molecule has 0 aromatic carbocycles. The molecule has 1 amide bonds. The Labute approximate surface area is 158 Å². The number of hydrogen-bond donors (Lipinski definition) is 0. The summed E-state index contributed by atoms with van der Waals surface area (Å²) < 4.78 is 5.89. The highest BCUT2D eigenvalue weighted by Gasteiger charge is 2.34. The van der Waals surface area contributed by atoms with Crippen LogP contribution in [0.15, 0.2) is 42.0 Å². The predicted octanol–water partition coefficient (Wildman–Crippen LogP) is 2.44. The molecule has 2 atom stereocenters. The molecule has 2 aromatic rings. The molecule has 4 rings (SSSR count). The summed E-state index contributed by atoms with van der Waals surface area (Å²) in [7, 11) is 0. The fourth-order valence-corrected chi connectivity index (χ4v) is 4.62. The van der Waals surface area contributed by atoms with E-state index < -0.39 is 0 Å². The third-order valence-electron chi connectivity index (χ3n) is 5.25. The lowest BCUT2D eigenvalue weighted by Gasteiger charge is -2.31. The van der Waals surface area contributed by atoms with Crippen LogP contribution < -0.4 is 0 Å². The summed E-state index contributed by atoms with van der Waals surface area (Å²) in [5.74, 6) is 0.657. The molecular formula is C20H25N3O2S. The van der Waals surface area contributed by atoms with Gasteiger partial charge in [-0.3, -0.25) is 14.7 Å². The number of amides is 1. The van der Waals surface area contributed by atoms with Crippen molar-refractivity contribution >= 4 is 17.2 Å². The number of ether oxygens (including phenoxy) is 1. The Morgan fingerprint density at radius 3 is 2.88 bits per heavy atom. The van der Waals surface area contributed by atoms with Crippen LogP contribution in [0.5, 0.6) is 0 Å². The van der Waals surface area contributed by atoms with Gasteiger partial charge in [-0.05, 0) is 35.6 Å². The zero-order valence-electron chi connectivity index (χ0n) is 14.9. The highest BCUT2D eigenvalue weighted by Crippen LogP contribution is 2.23. The summed E-state index contributed by atoms with van der Waals surface area (Å²) in [4.78, 5) is 22.8. The van der Waals surface area contributed by atoms with Gasteiger partial charge in [-0.25, -0.2) is 0 Å². The van der Waals surface area contributed by atoms with Crippen LogP contribution in [-0.4, -0.2) is 59.6 Å². The van der Waals surface area contributed by atoms with Crippen molar-refractivity contribution in [1.82, 2.24) is 14.8 Å². The first-order valence-electron chi connectivity index (χ1n) is 9.29. The lowest BCUT2D eigenvalue weighted by molar-refractivity contribution is -0.133. The van der Waals surface area contributed by atoms with Gasteiger partial charge in [-0.1, -0.05) is 6.07 Å². The van der Waals surface area contributed by atoms with Crippen LogP contribution in [-0.2, 0) is 22.5 Å². The topological polar surface area (TPSA) is 45.7 Å². The minimum atomic E-state index is 0.261. The molecule has 0 aliphatic carbocycles. The SMILES string of the molecule is O=C(CCc1ccncc1)N1C[C@@H]2COC[C@H](C1)N(Cc1cccs1)C2. The van der Waals surface area contributed by atoms with Gasteiger partial charge < -0.3 is 9.64 Å². The molecule has 2 fully saturated rings. The highest BCUT2D eigenvalue weighted by atomic mass is 32.1. The summed E-state index contributed by atoms with van der Waals surface area (Å²) in [5, 5.41) is 2.13. The van der Waals surface area contributed by atoms with Gasteiger partial charge in [0.25, 0.3) is 0 Å². The first-order valence-corrected chi connectivity index (χ1v) is 10.2. The van der Waals surface area contributed by atoms with Crippen molar-refractivity contribution in [2.75, 3.05) is 32.8 Å². The van der Waals surface area contributed by atoms with E-state index in [1.807, 2.05) is 12.1 Å². The van der Waals surface area contributed by atoms with Crippen LogP contribution in [0.1, 0.15) is 16.9 Å². The van der Waals surface area contributed by atoms with Crippen molar-refractivity contribution in [3.8, 4) is 0 Å². The highest BCUT2D eigenvalue weighted by molar-refractivity contribution is 7.09. The molecule has 0 radical (unpaired) electrons. The number of carbonyl (C=O) groups excluding carboxylic acids is 1. The molecule has 26 heavy (non-hydrogen) atoms. The number of pyridine rings is 1. The molecule has 0 spiro atoms. The standard InChI is InChI=1S/C20H25N3O2S/c24-20(4-3-16-5-7-21-8-6-16)23-11-17-10-22(13-19-2-1-9-26-19)18(12-23)15-25-14-17/h1-2,5-9,17-18H,3-4,10-15H2/t17-,18+/m1/s1. The van der Waals surface area contributed by atoms with Crippen LogP contribution in [0.2, 0.25) is 0 Å². The van der Waals surface area contributed by atoms with Crippen LogP contribution in [0.4, 0.5) is 0 Å². The fraction of sp³-hybridized carbons (Fsp3) is 0.500. The lowest BCUT2D eigenvalue weighted by Crippen LogP contribution is -2.45. The van der Waals surface area contributed by atoms with E-state index in [1.54, 1.807) is 23.7 Å². The van der Waals surface area contributed by atoms with E-state index in [2.05, 4.69) is 32.3 Å². The van der Waals surface area contributed by atoms with Crippen molar-refractivity contribution in [1.29, 1.82) is 0 Å². The average molecular weight is 372 g/mol. The third-order valence-corrected chi connectivity index (χ3v) is 6.11. The van der Waals surface area contributed by atoms with Gasteiger partial charge in [0, 0.05) is 55.8 Å². The maximum atomic E-state index is 12.8. The fourth-order valence-electron chi connectivity index (χ4n) is 3.89. The van der Waals surface area contributed by atoms with Gasteiger partial charge >= 0.3 is 0 Å². The molecule has 5 nitrogen and oxygen atoms in total. The zero-order chi connectivity index (χ0) is 17.8. The third kappa shape index (κ3) is 4.31. The van der Waals surface area contributed by atoms with Gasteiger partial charge in [-0.15, -0.1) is 11.3 Å². The Bertz CT molecular complexity index is 707. The van der Waals surface area contributed by atoms with E-state index in [0.29, 0.717) is 12.3 Å². The summed E-state index contributed by atoms with van der Waals surface area (Å²) >= 11 is 1.80. The minimum Gasteiger partial charge on any atom is -0.379 e. The molecule has 2 aliphatic rings. The number of carbonyl (C=O) groups is 1. The van der Waals surface area contributed by atoms with Crippen LogP contribution in [0.3, 0.4) is 0 Å². The van der Waals surface area contributed by atoms with Gasteiger partial charge in [-0.2, -0.15) is 0 Å². The Kier molecular flexibility index (Phi) is 5.62. The molecule has 2 aromatic heterocycles. The molecule has 4 heterocycles. The summed E-state index contributed by atoms with van der Waals surface area (Å²) in [6, 6.07) is 8.56. The van der Waals surface area contributed by atoms with Crippen molar-refractivity contribution in [2.45, 2.75) is 25.4 Å². The van der Waals surface area contributed by atoms with Crippen molar-refractivity contribution < 1.29 is 9.53 Å². The summed E-state index contributed by atoms with van der Waals surface area (Å²) in [6.45, 7) is 5.03. The van der Waals surface area contributed by atoms with E-state index >= 15 is 0 Å². The first-order chi connectivity index (χ1) is 12.8. The van der Waals surface area contributed by atoms with E-state index in [-0.39, 0.29) is 11.9 Å². The number of rotatable bonds is 5. The molecular weight excluding hydrogens is 346 g/mol. The second-order valence-corrected chi connectivity index (χ2v) is 8.25. The minimum absolute atomic E-state index is 0.261. The quantitative estimate of drug-likeness (QED) is 0.810. The second-order valence-electron chi connectivity index (χ2n) is 7.22. The van der Waals surface area contributed by atoms with E-state index in [4.69, 9.17) is 4.74 Å². The molecule has 6 heteroatoms. The predicted molar refractivity (Wildman–Crippen MR) is 102 cm³/mol. The molecule has 0 unspecified atom stereocenters. The summed E-state index contributed by atoms with van der Waals surface area (Å²) in [6.07, 6.45) is 4.92. The van der Waals surface area contributed by atoms with Gasteiger partial charge in [0.15, 0.2) is 0 Å². The van der Waals surface area contributed by atoms with Crippen molar-refractivity contribution in [3.63, 3.8) is 0 Å². The van der Waals surface area contributed by atoms with Crippen LogP contribution in [0, 0.1) is 5.92 Å². The zero-order valence-corrected chi connectivity index (χ0v) is 15.7. The van der Waals surface area contributed by atoms with E-state index in [0.717, 1.165) is 45.8 Å².